The van der Waals surface area contributed by atoms with Gasteiger partial charge >= 0.3 is 0 Å². The SMILES string of the molecule is CC(=O)c1cnn(Cc2ccc(Cl)cc2[N+](=O)[O-])c1. The van der Waals surface area contributed by atoms with E-state index in [0.717, 1.165) is 0 Å². The Bertz CT molecular complexity index is 651. The Morgan fingerprint density at radius 2 is 2.26 bits per heavy atom. The van der Waals surface area contributed by atoms with E-state index in [-0.39, 0.29) is 18.0 Å². The zero-order valence-corrected chi connectivity index (χ0v) is 10.8. The molecule has 0 atom stereocenters. The van der Waals surface area contributed by atoms with E-state index < -0.39 is 4.92 Å². The fraction of sp³-hybridized carbons (Fsp3) is 0.167. The topological polar surface area (TPSA) is 78.0 Å². The fourth-order valence-electron chi connectivity index (χ4n) is 1.65. The Balaban J connectivity index is 2.32. The minimum Gasteiger partial charge on any atom is -0.294 e. The van der Waals surface area contributed by atoms with Crippen LogP contribution in [0.1, 0.15) is 22.8 Å². The van der Waals surface area contributed by atoms with Crippen LogP contribution in [-0.2, 0) is 6.54 Å². The lowest BCUT2D eigenvalue weighted by atomic mass is 10.2. The summed E-state index contributed by atoms with van der Waals surface area (Å²) in [4.78, 5) is 21.6. The highest BCUT2D eigenvalue weighted by atomic mass is 35.5. The van der Waals surface area contributed by atoms with Gasteiger partial charge in [-0.3, -0.25) is 19.6 Å². The Labute approximate surface area is 113 Å². The number of carbonyl (C=O) groups excluding carboxylic acids is 1. The van der Waals surface area contributed by atoms with Gasteiger partial charge in [-0.15, -0.1) is 0 Å². The van der Waals surface area contributed by atoms with Gasteiger partial charge in [-0.2, -0.15) is 5.10 Å². The number of rotatable bonds is 4. The third kappa shape index (κ3) is 2.97. The average Bonchev–Trinajstić information content (AvgIpc) is 2.80. The fourth-order valence-corrected chi connectivity index (χ4v) is 1.81. The second-order valence-corrected chi connectivity index (χ2v) is 4.45. The standard InChI is InChI=1S/C12H10ClN3O3/c1-8(17)10-5-14-15(7-10)6-9-2-3-11(13)4-12(9)16(18)19/h2-5,7H,6H2,1H3. The van der Waals surface area contributed by atoms with E-state index in [1.165, 1.54) is 23.9 Å². The van der Waals surface area contributed by atoms with Crippen molar-refractivity contribution in [3.8, 4) is 0 Å². The maximum atomic E-state index is 11.2. The van der Waals surface area contributed by atoms with Crippen molar-refractivity contribution in [3.63, 3.8) is 0 Å². The molecule has 2 rings (SSSR count). The van der Waals surface area contributed by atoms with Crippen LogP contribution in [0.5, 0.6) is 0 Å². The van der Waals surface area contributed by atoms with Crippen LogP contribution < -0.4 is 0 Å². The predicted molar refractivity (Wildman–Crippen MR) is 69.4 cm³/mol. The Morgan fingerprint density at radius 3 is 2.84 bits per heavy atom. The highest BCUT2D eigenvalue weighted by molar-refractivity contribution is 6.30. The van der Waals surface area contributed by atoms with Crippen molar-refractivity contribution in [1.82, 2.24) is 9.78 Å². The molecule has 0 radical (unpaired) electrons. The van der Waals surface area contributed by atoms with Crippen molar-refractivity contribution in [1.29, 1.82) is 0 Å². The summed E-state index contributed by atoms with van der Waals surface area (Å²) >= 11 is 5.74. The van der Waals surface area contributed by atoms with E-state index in [9.17, 15) is 14.9 Å². The number of Topliss-reactive ketones (excluding diaryl/α,β-unsaturated/α-hetero) is 1. The van der Waals surface area contributed by atoms with Crippen LogP contribution >= 0.6 is 11.6 Å². The summed E-state index contributed by atoms with van der Waals surface area (Å²) < 4.78 is 1.48. The molecule has 0 aliphatic heterocycles. The van der Waals surface area contributed by atoms with Crippen LogP contribution in [0.2, 0.25) is 5.02 Å². The molecule has 0 saturated carbocycles. The van der Waals surface area contributed by atoms with E-state index >= 15 is 0 Å². The van der Waals surface area contributed by atoms with E-state index in [0.29, 0.717) is 16.1 Å². The quantitative estimate of drug-likeness (QED) is 0.490. The molecule has 7 heteroatoms. The first kappa shape index (κ1) is 13.2. The molecule has 0 N–H and O–H groups in total. The number of halogens is 1. The van der Waals surface area contributed by atoms with E-state index in [1.807, 2.05) is 0 Å². The van der Waals surface area contributed by atoms with Gasteiger partial charge in [-0.05, 0) is 19.1 Å². The summed E-state index contributed by atoms with van der Waals surface area (Å²) in [6.07, 6.45) is 2.99. The number of ketones is 1. The molecule has 0 spiro atoms. The average molecular weight is 280 g/mol. The largest absolute Gasteiger partial charge is 0.294 e. The monoisotopic (exact) mass is 279 g/mol. The Hall–Kier alpha value is -2.21. The lowest BCUT2D eigenvalue weighted by Crippen LogP contribution is -2.03. The second kappa shape index (κ2) is 5.19. The van der Waals surface area contributed by atoms with Gasteiger partial charge in [0.05, 0.1) is 28.8 Å². The van der Waals surface area contributed by atoms with Crippen molar-refractivity contribution >= 4 is 23.1 Å². The summed E-state index contributed by atoms with van der Waals surface area (Å²) in [5, 5.41) is 15.2. The third-order valence-electron chi connectivity index (χ3n) is 2.62. The van der Waals surface area contributed by atoms with Crippen LogP contribution in [0.4, 0.5) is 5.69 Å². The molecule has 1 aromatic carbocycles. The lowest BCUT2D eigenvalue weighted by molar-refractivity contribution is -0.385. The van der Waals surface area contributed by atoms with Crippen molar-refractivity contribution in [2.24, 2.45) is 0 Å². The molecule has 19 heavy (non-hydrogen) atoms. The number of carbonyl (C=O) groups is 1. The summed E-state index contributed by atoms with van der Waals surface area (Å²) in [7, 11) is 0. The molecule has 6 nitrogen and oxygen atoms in total. The molecule has 0 saturated heterocycles. The van der Waals surface area contributed by atoms with Gasteiger partial charge < -0.3 is 0 Å². The number of hydrogen-bond acceptors (Lipinski definition) is 4. The van der Waals surface area contributed by atoms with Gasteiger partial charge in [-0.1, -0.05) is 11.6 Å². The molecular formula is C12H10ClN3O3. The Morgan fingerprint density at radius 1 is 1.53 bits per heavy atom. The van der Waals surface area contributed by atoms with Gasteiger partial charge in [0, 0.05) is 17.3 Å². The molecule has 0 aliphatic rings. The normalized spacial score (nSPS) is 10.4. The predicted octanol–water partition coefficient (Wildman–Crippen LogP) is 2.70. The minimum atomic E-state index is -0.489. The lowest BCUT2D eigenvalue weighted by Gasteiger charge is -2.03. The maximum Gasteiger partial charge on any atom is 0.275 e. The first-order valence-corrected chi connectivity index (χ1v) is 5.81. The van der Waals surface area contributed by atoms with E-state index in [4.69, 9.17) is 11.6 Å². The molecule has 0 bridgehead atoms. The first-order chi connectivity index (χ1) is 8.97. The summed E-state index contributed by atoms with van der Waals surface area (Å²) in [5.41, 5.74) is 0.886. The number of aromatic nitrogens is 2. The number of nitro benzene ring substituents is 1. The molecule has 2 aromatic rings. The number of nitro groups is 1. The molecule has 0 unspecified atom stereocenters. The highest BCUT2D eigenvalue weighted by Crippen LogP contribution is 2.23. The summed E-state index contributed by atoms with van der Waals surface area (Å²) in [6.45, 7) is 1.65. The van der Waals surface area contributed by atoms with E-state index in [1.54, 1.807) is 18.3 Å². The Kier molecular flexibility index (Phi) is 3.62. The van der Waals surface area contributed by atoms with Gasteiger partial charge in [0.25, 0.3) is 5.69 Å². The highest BCUT2D eigenvalue weighted by Gasteiger charge is 2.15. The van der Waals surface area contributed by atoms with Crippen molar-refractivity contribution < 1.29 is 9.72 Å². The van der Waals surface area contributed by atoms with Crippen LogP contribution in [0.3, 0.4) is 0 Å². The van der Waals surface area contributed by atoms with Crippen LogP contribution in [0, 0.1) is 10.1 Å². The van der Waals surface area contributed by atoms with Crippen molar-refractivity contribution in [2.75, 3.05) is 0 Å². The zero-order valence-electron chi connectivity index (χ0n) is 10.0. The molecule has 0 amide bonds. The number of benzene rings is 1. The third-order valence-corrected chi connectivity index (χ3v) is 2.85. The first-order valence-electron chi connectivity index (χ1n) is 5.43. The van der Waals surface area contributed by atoms with Gasteiger partial charge in [0.1, 0.15) is 0 Å². The number of hydrogen-bond donors (Lipinski definition) is 0. The van der Waals surface area contributed by atoms with Gasteiger partial charge in [-0.25, -0.2) is 0 Å². The molecule has 1 aromatic heterocycles. The van der Waals surface area contributed by atoms with Crippen LogP contribution in [-0.4, -0.2) is 20.5 Å². The summed E-state index contributed by atoms with van der Waals surface area (Å²) in [5.74, 6) is -0.100. The summed E-state index contributed by atoms with van der Waals surface area (Å²) in [6, 6.07) is 4.46. The minimum absolute atomic E-state index is 0.0626. The van der Waals surface area contributed by atoms with Gasteiger partial charge in [0.15, 0.2) is 5.78 Å². The van der Waals surface area contributed by atoms with Crippen LogP contribution in [0.15, 0.2) is 30.6 Å². The van der Waals surface area contributed by atoms with Crippen molar-refractivity contribution in [2.45, 2.75) is 13.5 Å². The maximum absolute atomic E-state index is 11.2. The second-order valence-electron chi connectivity index (χ2n) is 4.01. The molecule has 0 fully saturated rings. The smallest absolute Gasteiger partial charge is 0.275 e. The molecule has 0 aliphatic carbocycles. The van der Waals surface area contributed by atoms with Crippen molar-refractivity contribution in [3.05, 3.63) is 56.9 Å². The zero-order chi connectivity index (χ0) is 14.0. The van der Waals surface area contributed by atoms with Crippen LogP contribution in [0.25, 0.3) is 0 Å². The molecular weight excluding hydrogens is 270 g/mol. The van der Waals surface area contributed by atoms with E-state index in [2.05, 4.69) is 5.10 Å². The van der Waals surface area contributed by atoms with Gasteiger partial charge in [0.2, 0.25) is 0 Å². The molecule has 98 valence electrons. The number of nitrogens with zero attached hydrogens (tertiary/aromatic N) is 3. The molecule has 1 heterocycles.